The topological polar surface area (TPSA) is 52.6 Å². The summed E-state index contributed by atoms with van der Waals surface area (Å²) in [5.74, 6) is -0.645. The molecule has 1 atom stereocenters. The molecule has 1 rings (SSSR count). The van der Waals surface area contributed by atoms with Gasteiger partial charge in [0.05, 0.1) is 6.61 Å². The lowest BCUT2D eigenvalue weighted by atomic mass is 10.0. The number of ketones is 1. The number of benzene rings is 1. The molecule has 18 heavy (non-hydrogen) atoms. The minimum absolute atomic E-state index is 0.200. The zero-order valence-corrected chi connectivity index (χ0v) is 12.1. The van der Waals surface area contributed by atoms with E-state index < -0.39 is 17.4 Å². The molecule has 0 aliphatic carbocycles. The summed E-state index contributed by atoms with van der Waals surface area (Å²) < 4.78 is 11.2. The molecule has 1 aromatic carbocycles. The third kappa shape index (κ3) is 3.32. The Morgan fingerprint density at radius 2 is 1.83 bits per heavy atom. The van der Waals surface area contributed by atoms with Gasteiger partial charge in [-0.05, 0) is 45.0 Å². The molecule has 0 aromatic heterocycles. The molecule has 0 spiro atoms. The van der Waals surface area contributed by atoms with Gasteiger partial charge >= 0.3 is 5.97 Å². The second-order valence-electron chi connectivity index (χ2n) is 3.87. The summed E-state index contributed by atoms with van der Waals surface area (Å²) in [6.45, 7) is 4.59. The lowest BCUT2D eigenvalue weighted by Crippen LogP contribution is -2.49. The molecule has 0 radical (unpaired) electrons. The smallest absolute Gasteiger partial charge is 0.358 e. The molecule has 4 nitrogen and oxygen atoms in total. The van der Waals surface area contributed by atoms with Crippen molar-refractivity contribution in [1.29, 1.82) is 0 Å². The van der Waals surface area contributed by atoms with E-state index in [9.17, 15) is 9.59 Å². The predicted octanol–water partition coefficient (Wildman–Crippen LogP) is 2.74. The Balaban J connectivity index is 2.96. The number of ether oxygens (including phenoxy) is 2. The van der Waals surface area contributed by atoms with Crippen LogP contribution in [0.5, 0.6) is 5.75 Å². The number of esters is 1. The molecule has 0 amide bonds. The Labute approximate surface area is 114 Å². The lowest BCUT2D eigenvalue weighted by Gasteiger charge is -2.25. The highest BCUT2D eigenvalue weighted by molar-refractivity contribution is 9.10. The Morgan fingerprint density at radius 1 is 1.28 bits per heavy atom. The van der Waals surface area contributed by atoms with E-state index in [1.54, 1.807) is 31.2 Å². The van der Waals surface area contributed by atoms with Crippen molar-refractivity contribution >= 4 is 27.7 Å². The number of halogens is 1. The highest BCUT2D eigenvalue weighted by Gasteiger charge is 2.42. The zero-order valence-electron chi connectivity index (χ0n) is 10.5. The molecule has 98 valence electrons. The summed E-state index contributed by atoms with van der Waals surface area (Å²) in [4.78, 5) is 23.4. The average Bonchev–Trinajstić information content (AvgIpc) is 2.32. The van der Waals surface area contributed by atoms with Crippen molar-refractivity contribution in [2.45, 2.75) is 26.4 Å². The molecule has 0 saturated heterocycles. The number of rotatable bonds is 5. The Kier molecular flexibility index (Phi) is 4.90. The third-order valence-corrected chi connectivity index (χ3v) is 3.00. The van der Waals surface area contributed by atoms with Crippen LogP contribution in [0.3, 0.4) is 0 Å². The molecule has 0 fully saturated rings. The van der Waals surface area contributed by atoms with E-state index >= 15 is 0 Å². The van der Waals surface area contributed by atoms with Crippen LogP contribution >= 0.6 is 15.9 Å². The van der Waals surface area contributed by atoms with Gasteiger partial charge in [0.2, 0.25) is 0 Å². The summed E-state index contributed by atoms with van der Waals surface area (Å²) in [6.07, 6.45) is 0. The quantitative estimate of drug-likeness (QED) is 0.619. The van der Waals surface area contributed by atoms with Gasteiger partial charge in [-0.15, -0.1) is 0 Å². The van der Waals surface area contributed by atoms with Crippen LogP contribution in [0.1, 0.15) is 20.8 Å². The fourth-order valence-corrected chi connectivity index (χ4v) is 1.53. The van der Waals surface area contributed by atoms with E-state index in [0.717, 1.165) is 4.47 Å². The van der Waals surface area contributed by atoms with Crippen LogP contribution in [0.15, 0.2) is 28.7 Å². The second kappa shape index (κ2) is 6.00. The Morgan fingerprint density at radius 3 is 2.28 bits per heavy atom. The van der Waals surface area contributed by atoms with Gasteiger partial charge in [0.1, 0.15) is 5.75 Å². The van der Waals surface area contributed by atoms with Crippen molar-refractivity contribution in [3.05, 3.63) is 28.7 Å². The van der Waals surface area contributed by atoms with Gasteiger partial charge in [-0.25, -0.2) is 4.79 Å². The Bertz CT molecular complexity index is 441. The minimum Gasteiger partial charge on any atom is -0.468 e. The van der Waals surface area contributed by atoms with Crippen molar-refractivity contribution in [1.82, 2.24) is 0 Å². The van der Waals surface area contributed by atoms with Crippen LogP contribution in [0, 0.1) is 0 Å². The second-order valence-corrected chi connectivity index (χ2v) is 4.78. The largest absolute Gasteiger partial charge is 0.468 e. The first kappa shape index (κ1) is 14.7. The number of carbonyl (C=O) groups is 2. The highest BCUT2D eigenvalue weighted by atomic mass is 79.9. The summed E-state index contributed by atoms with van der Waals surface area (Å²) in [6, 6.07) is 6.87. The van der Waals surface area contributed by atoms with Crippen LogP contribution in [0.4, 0.5) is 0 Å². The lowest BCUT2D eigenvalue weighted by molar-refractivity contribution is -0.164. The van der Waals surface area contributed by atoms with E-state index in [0.29, 0.717) is 5.75 Å². The fraction of sp³-hybridized carbons (Fsp3) is 0.385. The standard InChI is InChI=1S/C13H15BrO4/c1-4-17-12(16)13(3,9(2)15)18-11-7-5-10(14)6-8-11/h5-8H,4H2,1-3H3. The van der Waals surface area contributed by atoms with Gasteiger partial charge in [-0.3, -0.25) is 4.79 Å². The molecule has 0 aliphatic heterocycles. The molecule has 0 bridgehead atoms. The van der Waals surface area contributed by atoms with Crippen molar-refractivity contribution in [3.8, 4) is 5.75 Å². The maximum absolute atomic E-state index is 11.8. The van der Waals surface area contributed by atoms with Gasteiger partial charge in [0.15, 0.2) is 5.78 Å². The maximum Gasteiger partial charge on any atom is 0.358 e. The van der Waals surface area contributed by atoms with Gasteiger partial charge in [0.25, 0.3) is 5.60 Å². The molecule has 0 saturated carbocycles. The van der Waals surface area contributed by atoms with Crippen LogP contribution in [-0.2, 0) is 14.3 Å². The molecular weight excluding hydrogens is 300 g/mol. The van der Waals surface area contributed by atoms with Crippen LogP contribution in [-0.4, -0.2) is 24.0 Å². The first-order valence-corrected chi connectivity index (χ1v) is 6.32. The molecule has 0 N–H and O–H groups in total. The molecule has 1 unspecified atom stereocenters. The van der Waals surface area contributed by atoms with Crippen molar-refractivity contribution in [3.63, 3.8) is 0 Å². The van der Waals surface area contributed by atoms with Crippen LogP contribution in [0.2, 0.25) is 0 Å². The Hall–Kier alpha value is -1.36. The minimum atomic E-state index is -1.61. The summed E-state index contributed by atoms with van der Waals surface area (Å²) >= 11 is 3.29. The van der Waals surface area contributed by atoms with Gasteiger partial charge in [-0.1, -0.05) is 15.9 Å². The van der Waals surface area contributed by atoms with Gasteiger partial charge in [-0.2, -0.15) is 0 Å². The molecule has 0 aliphatic rings. The monoisotopic (exact) mass is 314 g/mol. The molecular formula is C13H15BrO4. The van der Waals surface area contributed by atoms with E-state index in [1.165, 1.54) is 13.8 Å². The zero-order chi connectivity index (χ0) is 13.8. The van der Waals surface area contributed by atoms with E-state index in [4.69, 9.17) is 9.47 Å². The SMILES string of the molecule is CCOC(=O)C(C)(Oc1ccc(Br)cc1)C(C)=O. The first-order chi connectivity index (χ1) is 8.40. The number of carbonyl (C=O) groups excluding carboxylic acids is 2. The highest BCUT2D eigenvalue weighted by Crippen LogP contribution is 2.23. The number of hydrogen-bond acceptors (Lipinski definition) is 4. The van der Waals surface area contributed by atoms with E-state index in [1.807, 2.05) is 0 Å². The third-order valence-electron chi connectivity index (χ3n) is 2.47. The normalized spacial score (nSPS) is 13.6. The van der Waals surface area contributed by atoms with E-state index in [2.05, 4.69) is 15.9 Å². The van der Waals surface area contributed by atoms with E-state index in [-0.39, 0.29) is 6.61 Å². The fourth-order valence-electron chi connectivity index (χ4n) is 1.26. The first-order valence-electron chi connectivity index (χ1n) is 5.53. The molecule has 0 heterocycles. The summed E-state index contributed by atoms with van der Waals surface area (Å²) in [7, 11) is 0. The van der Waals surface area contributed by atoms with Crippen molar-refractivity contribution < 1.29 is 19.1 Å². The molecule has 5 heteroatoms. The van der Waals surface area contributed by atoms with Crippen molar-refractivity contribution in [2.75, 3.05) is 6.61 Å². The number of Topliss-reactive ketones (excluding diaryl/α,β-unsaturated/α-hetero) is 1. The number of hydrogen-bond donors (Lipinski definition) is 0. The van der Waals surface area contributed by atoms with Crippen LogP contribution in [0.25, 0.3) is 0 Å². The van der Waals surface area contributed by atoms with Gasteiger partial charge in [0, 0.05) is 4.47 Å². The maximum atomic E-state index is 11.8. The summed E-state index contributed by atoms with van der Waals surface area (Å²) in [5.41, 5.74) is -1.61. The predicted molar refractivity (Wildman–Crippen MR) is 70.5 cm³/mol. The molecule has 1 aromatic rings. The summed E-state index contributed by atoms with van der Waals surface area (Å²) in [5, 5.41) is 0. The van der Waals surface area contributed by atoms with Crippen LogP contribution < -0.4 is 4.74 Å². The average molecular weight is 315 g/mol. The van der Waals surface area contributed by atoms with Crippen molar-refractivity contribution in [2.24, 2.45) is 0 Å². The van der Waals surface area contributed by atoms with Gasteiger partial charge < -0.3 is 9.47 Å².